The number of fused-ring (bicyclic) bond motifs is 1. The number of anilines is 1. The molecule has 0 radical (unpaired) electrons. The van der Waals surface area contributed by atoms with E-state index in [0.29, 0.717) is 48.9 Å². The largest absolute Gasteiger partial charge is 0.330 e. The van der Waals surface area contributed by atoms with E-state index in [1.54, 1.807) is 29.3 Å². The Balaban J connectivity index is 1.51. The number of hydrogen-bond acceptors (Lipinski definition) is 6. The zero-order valence-corrected chi connectivity index (χ0v) is 20.9. The molecule has 11 heteroatoms. The van der Waals surface area contributed by atoms with Crippen LogP contribution in [0.2, 0.25) is 0 Å². The Hall–Kier alpha value is -4.02. The maximum Gasteiger partial charge on any atom is 0.330 e. The Labute approximate surface area is 208 Å². The number of aromatic amines is 1. The predicted octanol–water partition coefficient (Wildman–Crippen LogP) is 2.55. The van der Waals surface area contributed by atoms with E-state index >= 15 is 0 Å². The van der Waals surface area contributed by atoms with E-state index in [-0.39, 0.29) is 18.2 Å². The molecule has 0 aliphatic rings. The third-order valence-electron chi connectivity index (χ3n) is 5.80. The summed E-state index contributed by atoms with van der Waals surface area (Å²) in [7, 11) is 0. The number of amides is 1. The van der Waals surface area contributed by atoms with Crippen LogP contribution in [0.5, 0.6) is 0 Å². The van der Waals surface area contributed by atoms with Crippen molar-refractivity contribution in [1.82, 2.24) is 33.9 Å². The van der Waals surface area contributed by atoms with Crippen LogP contribution in [0.15, 0.2) is 46.4 Å². The highest BCUT2D eigenvalue weighted by Gasteiger charge is 2.20. The summed E-state index contributed by atoms with van der Waals surface area (Å²) in [4.78, 5) is 49.1. The fourth-order valence-corrected chi connectivity index (χ4v) is 4.12. The average Bonchev–Trinajstić information content (AvgIpc) is 3.42. The third-order valence-corrected chi connectivity index (χ3v) is 5.80. The molecule has 2 N–H and O–H groups in total. The van der Waals surface area contributed by atoms with E-state index in [2.05, 4.69) is 25.4 Å². The second kappa shape index (κ2) is 11.1. The fourth-order valence-electron chi connectivity index (χ4n) is 4.12. The monoisotopic (exact) mass is 492 g/mol. The first kappa shape index (κ1) is 25.1. The maximum absolute atomic E-state index is 12.7. The normalized spacial score (nSPS) is 11.4. The summed E-state index contributed by atoms with van der Waals surface area (Å²) in [6.07, 6.45) is 7.48. The van der Waals surface area contributed by atoms with Crippen molar-refractivity contribution in [3.63, 3.8) is 0 Å². The van der Waals surface area contributed by atoms with Crippen LogP contribution in [0.4, 0.5) is 5.82 Å². The van der Waals surface area contributed by atoms with E-state index in [4.69, 9.17) is 0 Å². The van der Waals surface area contributed by atoms with Gasteiger partial charge in [-0.15, -0.1) is 0 Å². The molecule has 0 aliphatic heterocycles. The maximum atomic E-state index is 12.7. The first-order valence-electron chi connectivity index (χ1n) is 12.3. The lowest BCUT2D eigenvalue weighted by Crippen LogP contribution is -2.31. The quantitative estimate of drug-likeness (QED) is 0.331. The lowest BCUT2D eigenvalue weighted by molar-refractivity contribution is -0.116. The zero-order valence-electron chi connectivity index (χ0n) is 20.9. The second-order valence-corrected chi connectivity index (χ2v) is 9.28. The molecular weight excluding hydrogens is 460 g/mol. The molecule has 0 aliphatic carbocycles. The molecule has 4 rings (SSSR count). The second-order valence-electron chi connectivity index (χ2n) is 9.28. The molecule has 4 aromatic rings. The van der Waals surface area contributed by atoms with E-state index in [1.165, 1.54) is 4.57 Å². The molecule has 190 valence electrons. The van der Waals surface area contributed by atoms with Crippen molar-refractivity contribution >= 4 is 22.9 Å². The van der Waals surface area contributed by atoms with Crippen LogP contribution in [-0.4, -0.2) is 39.8 Å². The van der Waals surface area contributed by atoms with E-state index in [1.807, 2.05) is 37.5 Å². The highest BCUT2D eigenvalue weighted by Crippen LogP contribution is 2.16. The number of unbranched alkanes of at least 4 members (excludes halogenated alkanes) is 1. The smallest absolute Gasteiger partial charge is 0.322 e. The minimum Gasteiger partial charge on any atom is -0.322 e. The average molecular weight is 493 g/mol. The number of carbonyl (C=O) groups excluding carboxylic acids is 1. The van der Waals surface area contributed by atoms with Crippen LogP contribution >= 0.6 is 0 Å². The van der Waals surface area contributed by atoms with E-state index in [0.717, 1.165) is 18.4 Å². The summed E-state index contributed by atoms with van der Waals surface area (Å²) in [5, 5.41) is 7.23. The first-order valence-corrected chi connectivity index (χ1v) is 12.3. The number of aryl methyl sites for hydroxylation is 2. The van der Waals surface area contributed by atoms with Crippen LogP contribution in [0.3, 0.4) is 0 Å². The van der Waals surface area contributed by atoms with Gasteiger partial charge in [0.15, 0.2) is 17.0 Å². The molecule has 0 atom stereocenters. The number of pyridine rings is 1. The Kier molecular flexibility index (Phi) is 7.77. The number of nitrogens with one attached hydrogen (secondary N) is 2. The van der Waals surface area contributed by atoms with Crippen molar-refractivity contribution in [2.24, 2.45) is 5.92 Å². The van der Waals surface area contributed by atoms with Crippen molar-refractivity contribution in [2.45, 2.75) is 66.1 Å². The molecule has 0 aromatic carbocycles. The molecule has 0 unspecified atom stereocenters. The van der Waals surface area contributed by atoms with E-state index < -0.39 is 11.2 Å². The van der Waals surface area contributed by atoms with E-state index in [9.17, 15) is 14.4 Å². The molecule has 36 heavy (non-hydrogen) atoms. The SMILES string of the molecule is CCCCn1c(=O)[nH]c(=O)c2c1nc(CCC(=O)Nc1ccn(Cc3cccnc3)n1)n2CC(C)C. The highest BCUT2D eigenvalue weighted by molar-refractivity contribution is 5.89. The number of imidazole rings is 1. The summed E-state index contributed by atoms with van der Waals surface area (Å²) in [6, 6.07) is 5.57. The molecule has 1 amide bonds. The summed E-state index contributed by atoms with van der Waals surface area (Å²) in [5.41, 5.74) is 0.855. The van der Waals surface area contributed by atoms with Gasteiger partial charge in [-0.25, -0.2) is 9.78 Å². The van der Waals surface area contributed by atoms with Gasteiger partial charge in [0.2, 0.25) is 5.91 Å². The highest BCUT2D eigenvalue weighted by atomic mass is 16.2. The predicted molar refractivity (Wildman–Crippen MR) is 137 cm³/mol. The van der Waals surface area contributed by atoms with Crippen LogP contribution < -0.4 is 16.6 Å². The van der Waals surface area contributed by atoms with Gasteiger partial charge in [0.25, 0.3) is 5.56 Å². The molecular formula is C25H32N8O3. The minimum atomic E-state index is -0.457. The van der Waals surface area contributed by atoms with Crippen molar-refractivity contribution in [3.8, 4) is 0 Å². The van der Waals surface area contributed by atoms with Gasteiger partial charge in [0.05, 0.1) is 6.54 Å². The van der Waals surface area contributed by atoms with Gasteiger partial charge in [-0.3, -0.25) is 28.8 Å². The number of H-pyrrole nitrogens is 1. The van der Waals surface area contributed by atoms with Gasteiger partial charge in [0.1, 0.15) is 5.82 Å². The molecule has 0 spiro atoms. The molecule has 0 fully saturated rings. The van der Waals surface area contributed by atoms with Crippen LogP contribution in [0.25, 0.3) is 11.2 Å². The lowest BCUT2D eigenvalue weighted by Gasteiger charge is -2.11. The summed E-state index contributed by atoms with van der Waals surface area (Å²) in [5.74, 6) is 1.11. The molecule has 11 nitrogen and oxygen atoms in total. The van der Waals surface area contributed by atoms with Crippen LogP contribution in [0, 0.1) is 5.92 Å². The molecule has 0 saturated carbocycles. The third kappa shape index (κ3) is 5.78. The van der Waals surface area contributed by atoms with Gasteiger partial charge in [-0.05, 0) is 24.0 Å². The van der Waals surface area contributed by atoms with Crippen LogP contribution in [0.1, 0.15) is 51.4 Å². The fraction of sp³-hybridized carbons (Fsp3) is 0.440. The number of rotatable bonds is 11. The molecule has 4 aromatic heterocycles. The van der Waals surface area contributed by atoms with Crippen molar-refractivity contribution in [1.29, 1.82) is 0 Å². The minimum absolute atomic E-state index is 0.161. The zero-order chi connectivity index (χ0) is 25.7. The van der Waals surface area contributed by atoms with Crippen molar-refractivity contribution < 1.29 is 4.79 Å². The van der Waals surface area contributed by atoms with Gasteiger partial charge in [-0.2, -0.15) is 5.10 Å². The Morgan fingerprint density at radius 3 is 2.75 bits per heavy atom. The first-order chi connectivity index (χ1) is 17.4. The Morgan fingerprint density at radius 2 is 2.03 bits per heavy atom. The Morgan fingerprint density at radius 1 is 1.19 bits per heavy atom. The molecule has 4 heterocycles. The Bertz CT molecular complexity index is 1450. The van der Waals surface area contributed by atoms with Gasteiger partial charge < -0.3 is 9.88 Å². The van der Waals surface area contributed by atoms with Crippen LogP contribution in [-0.2, 0) is 30.8 Å². The lowest BCUT2D eigenvalue weighted by atomic mass is 10.2. The number of carbonyl (C=O) groups is 1. The summed E-state index contributed by atoms with van der Waals surface area (Å²) in [6.45, 7) is 7.72. The van der Waals surface area contributed by atoms with Gasteiger partial charge in [0, 0.05) is 50.6 Å². The summed E-state index contributed by atoms with van der Waals surface area (Å²) >= 11 is 0. The summed E-state index contributed by atoms with van der Waals surface area (Å²) < 4.78 is 5.10. The number of nitrogens with zero attached hydrogens (tertiary/aromatic N) is 6. The van der Waals surface area contributed by atoms with Gasteiger partial charge in [-0.1, -0.05) is 33.3 Å². The van der Waals surface area contributed by atoms with Crippen molar-refractivity contribution in [2.75, 3.05) is 5.32 Å². The van der Waals surface area contributed by atoms with Gasteiger partial charge >= 0.3 is 5.69 Å². The topological polar surface area (TPSA) is 132 Å². The number of hydrogen-bond donors (Lipinski definition) is 2. The standard InChI is InChI=1S/C25H32N8O3/c1-4-5-12-32-23-22(24(35)29-25(32)36)33(15-17(2)3)20(28-23)8-9-21(34)27-19-10-13-31(30-19)16-18-7-6-11-26-14-18/h6-7,10-11,13-14,17H,4-5,8-9,12,15-16H2,1-3H3,(H,27,30,34)(H,29,35,36). The molecule has 0 saturated heterocycles. The molecule has 0 bridgehead atoms. The van der Waals surface area contributed by atoms with Crippen molar-refractivity contribution in [3.05, 3.63) is 69.0 Å². The number of aromatic nitrogens is 7.